The summed E-state index contributed by atoms with van der Waals surface area (Å²) in [6.07, 6.45) is 1.45. The highest BCUT2D eigenvalue weighted by atomic mass is 35.5. The second-order valence-electron chi connectivity index (χ2n) is 3.70. The molecule has 0 aliphatic carbocycles. The van der Waals surface area contributed by atoms with Crippen molar-refractivity contribution in [3.63, 3.8) is 0 Å². The van der Waals surface area contributed by atoms with Gasteiger partial charge >= 0.3 is 5.97 Å². The van der Waals surface area contributed by atoms with Crippen molar-refractivity contribution in [1.29, 1.82) is 0 Å². The number of imidazole rings is 1. The number of hydrogen-bond acceptors (Lipinski definition) is 3. The molecule has 0 fully saturated rings. The monoisotopic (exact) mass is 262 g/mol. The first kappa shape index (κ1) is 10.9. The Morgan fingerprint density at radius 2 is 2.22 bits per heavy atom. The zero-order valence-electron chi connectivity index (χ0n) is 8.98. The summed E-state index contributed by atoms with van der Waals surface area (Å²) in [7, 11) is 0. The number of H-pyrrole nitrogens is 1. The molecule has 18 heavy (non-hydrogen) atoms. The zero-order chi connectivity index (χ0) is 12.7. The minimum atomic E-state index is -1.02. The van der Waals surface area contributed by atoms with Crippen molar-refractivity contribution >= 4 is 28.6 Å². The van der Waals surface area contributed by atoms with Crippen LogP contribution in [0.4, 0.5) is 0 Å². The highest BCUT2D eigenvalue weighted by Crippen LogP contribution is 2.29. The van der Waals surface area contributed by atoms with Crippen molar-refractivity contribution in [1.82, 2.24) is 9.97 Å². The number of aromatic nitrogens is 2. The fourth-order valence-corrected chi connectivity index (χ4v) is 2.00. The van der Waals surface area contributed by atoms with Crippen LogP contribution in [0, 0.1) is 0 Å². The number of nitrogens with zero attached hydrogens (tertiary/aromatic N) is 1. The van der Waals surface area contributed by atoms with E-state index in [0.717, 1.165) is 0 Å². The molecular formula is C12H7ClN2O3. The molecule has 0 spiro atoms. The molecular weight excluding hydrogens is 256 g/mol. The van der Waals surface area contributed by atoms with Gasteiger partial charge in [-0.1, -0.05) is 6.07 Å². The molecule has 0 saturated carbocycles. The van der Waals surface area contributed by atoms with Crippen molar-refractivity contribution in [2.24, 2.45) is 0 Å². The first-order valence-corrected chi connectivity index (χ1v) is 5.50. The van der Waals surface area contributed by atoms with Crippen LogP contribution in [0.1, 0.15) is 10.4 Å². The van der Waals surface area contributed by atoms with Crippen molar-refractivity contribution in [2.45, 2.75) is 0 Å². The lowest BCUT2D eigenvalue weighted by Crippen LogP contribution is -1.96. The third-order valence-electron chi connectivity index (χ3n) is 2.62. The lowest BCUT2D eigenvalue weighted by molar-refractivity contribution is 0.0699. The molecule has 3 aromatic rings. The summed E-state index contributed by atoms with van der Waals surface area (Å²) in [4.78, 5) is 18.4. The Bertz CT molecular complexity index is 745. The number of para-hydroxylation sites is 1. The Morgan fingerprint density at radius 3 is 2.89 bits per heavy atom. The van der Waals surface area contributed by atoms with Crippen LogP contribution in [0.2, 0.25) is 5.22 Å². The Balaban J connectivity index is 2.26. The van der Waals surface area contributed by atoms with Crippen LogP contribution in [0.25, 0.3) is 22.4 Å². The van der Waals surface area contributed by atoms with E-state index in [1.807, 2.05) is 0 Å². The predicted molar refractivity (Wildman–Crippen MR) is 65.8 cm³/mol. The molecule has 1 aromatic carbocycles. The number of hydrogen-bond donors (Lipinski definition) is 2. The van der Waals surface area contributed by atoms with E-state index >= 15 is 0 Å². The summed E-state index contributed by atoms with van der Waals surface area (Å²) in [5.41, 5.74) is 1.79. The number of halogens is 1. The van der Waals surface area contributed by atoms with E-state index in [-0.39, 0.29) is 10.8 Å². The molecule has 0 aliphatic heterocycles. The summed E-state index contributed by atoms with van der Waals surface area (Å²) in [5.74, 6) is -0.533. The maximum atomic E-state index is 11.1. The van der Waals surface area contributed by atoms with E-state index < -0.39 is 5.97 Å². The lowest BCUT2D eigenvalue weighted by Gasteiger charge is -1.93. The van der Waals surface area contributed by atoms with Crippen LogP contribution in [-0.4, -0.2) is 21.0 Å². The number of carboxylic acids is 1. The van der Waals surface area contributed by atoms with Gasteiger partial charge < -0.3 is 14.5 Å². The summed E-state index contributed by atoms with van der Waals surface area (Å²) < 4.78 is 4.98. The molecule has 0 radical (unpaired) electrons. The van der Waals surface area contributed by atoms with Gasteiger partial charge in [-0.25, -0.2) is 9.78 Å². The van der Waals surface area contributed by atoms with E-state index in [2.05, 4.69) is 9.97 Å². The number of carboxylic acid groups (broad SMARTS) is 1. The normalized spacial score (nSPS) is 10.9. The number of carbonyl (C=O) groups is 1. The standard InChI is InChI=1S/C12H7ClN2O3/c13-10-7(4-5-18-10)11-14-8-3-1-2-6(12(16)17)9(8)15-11/h1-5H,(H,14,15)(H,16,17). The average molecular weight is 263 g/mol. The molecule has 2 N–H and O–H groups in total. The minimum Gasteiger partial charge on any atom is -0.478 e. The van der Waals surface area contributed by atoms with Crippen LogP contribution in [0.15, 0.2) is 34.9 Å². The smallest absolute Gasteiger partial charge is 0.337 e. The van der Waals surface area contributed by atoms with E-state index in [1.165, 1.54) is 12.3 Å². The van der Waals surface area contributed by atoms with E-state index in [9.17, 15) is 4.79 Å². The number of benzene rings is 1. The molecule has 0 unspecified atom stereocenters. The van der Waals surface area contributed by atoms with Gasteiger partial charge in [0.1, 0.15) is 11.3 Å². The SMILES string of the molecule is O=C(O)c1cccc2[nH]c(-c3ccoc3Cl)nc12. The number of furan rings is 1. The molecule has 2 aromatic heterocycles. The first-order chi connectivity index (χ1) is 8.66. The third-order valence-corrected chi connectivity index (χ3v) is 2.91. The Kier molecular flexibility index (Phi) is 2.34. The topological polar surface area (TPSA) is 79.1 Å². The van der Waals surface area contributed by atoms with E-state index in [1.54, 1.807) is 18.2 Å². The summed E-state index contributed by atoms with van der Waals surface area (Å²) >= 11 is 5.86. The molecule has 6 heteroatoms. The zero-order valence-corrected chi connectivity index (χ0v) is 9.73. The summed E-state index contributed by atoms with van der Waals surface area (Å²) in [5, 5.41) is 9.29. The van der Waals surface area contributed by atoms with Crippen LogP contribution in [-0.2, 0) is 0 Å². The number of fused-ring (bicyclic) bond motifs is 1. The largest absolute Gasteiger partial charge is 0.478 e. The van der Waals surface area contributed by atoms with Gasteiger partial charge in [-0.3, -0.25) is 0 Å². The lowest BCUT2D eigenvalue weighted by atomic mass is 10.2. The molecule has 0 atom stereocenters. The van der Waals surface area contributed by atoms with Gasteiger partial charge in [0.25, 0.3) is 0 Å². The van der Waals surface area contributed by atoms with E-state index in [0.29, 0.717) is 22.4 Å². The molecule has 3 rings (SSSR count). The van der Waals surface area contributed by atoms with Crippen LogP contribution in [0.3, 0.4) is 0 Å². The maximum absolute atomic E-state index is 11.1. The van der Waals surface area contributed by atoms with Crippen molar-refractivity contribution < 1.29 is 14.3 Å². The fraction of sp³-hybridized carbons (Fsp3) is 0. The molecule has 5 nitrogen and oxygen atoms in total. The Morgan fingerprint density at radius 1 is 1.39 bits per heavy atom. The molecule has 0 bridgehead atoms. The predicted octanol–water partition coefficient (Wildman–Crippen LogP) is 3.17. The van der Waals surface area contributed by atoms with Gasteiger partial charge in [-0.2, -0.15) is 0 Å². The molecule has 0 saturated heterocycles. The van der Waals surface area contributed by atoms with Crippen LogP contribution < -0.4 is 0 Å². The minimum absolute atomic E-state index is 0.148. The highest BCUT2D eigenvalue weighted by Gasteiger charge is 2.15. The Hall–Kier alpha value is -2.27. The molecule has 90 valence electrons. The van der Waals surface area contributed by atoms with Gasteiger partial charge in [0, 0.05) is 0 Å². The van der Waals surface area contributed by atoms with Crippen molar-refractivity contribution in [3.8, 4) is 11.4 Å². The van der Waals surface area contributed by atoms with Gasteiger partial charge in [0.05, 0.1) is 22.9 Å². The highest BCUT2D eigenvalue weighted by molar-refractivity contribution is 6.31. The van der Waals surface area contributed by atoms with Gasteiger partial charge in [0.2, 0.25) is 5.22 Å². The second-order valence-corrected chi connectivity index (χ2v) is 4.04. The van der Waals surface area contributed by atoms with Crippen LogP contribution in [0.5, 0.6) is 0 Å². The van der Waals surface area contributed by atoms with E-state index in [4.69, 9.17) is 21.1 Å². The van der Waals surface area contributed by atoms with Gasteiger partial charge in [-0.15, -0.1) is 0 Å². The summed E-state index contributed by atoms with van der Waals surface area (Å²) in [6.45, 7) is 0. The van der Waals surface area contributed by atoms with Crippen molar-refractivity contribution in [3.05, 3.63) is 41.3 Å². The molecule has 2 heterocycles. The first-order valence-electron chi connectivity index (χ1n) is 5.12. The second kappa shape index (κ2) is 3.89. The number of rotatable bonds is 2. The maximum Gasteiger partial charge on any atom is 0.337 e. The van der Waals surface area contributed by atoms with Crippen molar-refractivity contribution in [2.75, 3.05) is 0 Å². The fourth-order valence-electron chi connectivity index (χ4n) is 1.80. The molecule has 0 aliphatic rings. The quantitative estimate of drug-likeness (QED) is 0.743. The van der Waals surface area contributed by atoms with Crippen LogP contribution >= 0.6 is 11.6 Å². The number of aromatic carboxylic acids is 1. The van der Waals surface area contributed by atoms with Gasteiger partial charge in [-0.05, 0) is 29.8 Å². The molecule has 0 amide bonds. The number of nitrogens with one attached hydrogen (secondary N) is 1. The van der Waals surface area contributed by atoms with Gasteiger partial charge in [0.15, 0.2) is 0 Å². The third kappa shape index (κ3) is 1.56. The Labute approximate surface area is 106 Å². The summed E-state index contributed by atoms with van der Waals surface area (Å²) in [6, 6.07) is 6.59. The average Bonchev–Trinajstić information content (AvgIpc) is 2.92. The number of aromatic amines is 1.